The Bertz CT molecular complexity index is 923. The normalized spacial score (nSPS) is 15.2. The monoisotopic (exact) mass is 404 g/mol. The molecule has 2 heterocycles. The van der Waals surface area contributed by atoms with E-state index in [9.17, 15) is 13.2 Å². The molecule has 0 saturated carbocycles. The molecule has 1 aromatic heterocycles. The first-order valence-electron chi connectivity index (χ1n) is 8.96. The molecule has 1 aliphatic heterocycles. The molecular formula is C19H24N4O4S. The van der Waals surface area contributed by atoms with Gasteiger partial charge in [-0.2, -0.15) is 4.31 Å². The Morgan fingerprint density at radius 2 is 1.86 bits per heavy atom. The summed E-state index contributed by atoms with van der Waals surface area (Å²) in [5, 5.41) is 2.84. The topological polar surface area (TPSA) is 91.8 Å². The minimum absolute atomic E-state index is 0.212. The van der Waals surface area contributed by atoms with Crippen LogP contribution in [-0.2, 0) is 21.3 Å². The molecule has 1 fully saturated rings. The van der Waals surface area contributed by atoms with Gasteiger partial charge in [0.2, 0.25) is 10.0 Å². The maximum Gasteiger partial charge on any atom is 0.251 e. The van der Waals surface area contributed by atoms with Gasteiger partial charge >= 0.3 is 0 Å². The highest BCUT2D eigenvalue weighted by Gasteiger charge is 2.26. The molecule has 0 aliphatic carbocycles. The van der Waals surface area contributed by atoms with E-state index in [1.54, 1.807) is 42.6 Å². The van der Waals surface area contributed by atoms with Crippen LogP contribution in [0, 0.1) is 0 Å². The van der Waals surface area contributed by atoms with Crippen molar-refractivity contribution in [3.63, 3.8) is 0 Å². The van der Waals surface area contributed by atoms with Crippen molar-refractivity contribution in [1.29, 1.82) is 0 Å². The van der Waals surface area contributed by atoms with Crippen LogP contribution in [0.15, 0.2) is 47.5 Å². The average molecular weight is 404 g/mol. The van der Waals surface area contributed by atoms with E-state index < -0.39 is 10.0 Å². The van der Waals surface area contributed by atoms with E-state index in [1.165, 1.54) is 4.31 Å². The second-order valence-electron chi connectivity index (χ2n) is 6.64. The van der Waals surface area contributed by atoms with E-state index in [4.69, 9.17) is 4.74 Å². The fourth-order valence-corrected chi connectivity index (χ4v) is 4.21. The highest BCUT2D eigenvalue weighted by atomic mass is 32.2. The fraction of sp³-hybridized carbons (Fsp3) is 0.368. The Morgan fingerprint density at radius 1 is 1.18 bits per heavy atom. The Balaban J connectivity index is 1.63. The van der Waals surface area contributed by atoms with Crippen molar-refractivity contribution in [2.24, 2.45) is 0 Å². The van der Waals surface area contributed by atoms with Gasteiger partial charge in [0, 0.05) is 45.5 Å². The van der Waals surface area contributed by atoms with Crippen LogP contribution in [-0.4, -0.2) is 64.0 Å². The molecule has 1 saturated heterocycles. The zero-order valence-corrected chi connectivity index (χ0v) is 16.8. The molecule has 2 aromatic rings. The molecular weight excluding hydrogens is 380 g/mol. The number of benzene rings is 1. The molecule has 0 bridgehead atoms. The molecule has 1 aromatic carbocycles. The Kier molecular flexibility index (Phi) is 6.28. The number of nitrogens with one attached hydrogen (secondary N) is 1. The number of carbonyl (C=O) groups excluding carboxylic acids is 1. The van der Waals surface area contributed by atoms with Gasteiger partial charge in [-0.1, -0.05) is 12.1 Å². The number of hydrogen-bond donors (Lipinski definition) is 1. The first-order chi connectivity index (χ1) is 13.4. The van der Waals surface area contributed by atoms with Gasteiger partial charge in [0.05, 0.1) is 18.1 Å². The summed E-state index contributed by atoms with van der Waals surface area (Å²) >= 11 is 0. The van der Waals surface area contributed by atoms with E-state index in [0.29, 0.717) is 44.2 Å². The highest BCUT2D eigenvalue weighted by Crippen LogP contribution is 2.18. The minimum atomic E-state index is -3.51. The molecule has 9 heteroatoms. The maximum atomic E-state index is 12.6. The van der Waals surface area contributed by atoms with Crippen molar-refractivity contribution in [2.45, 2.75) is 11.4 Å². The van der Waals surface area contributed by atoms with Crippen LogP contribution in [0.2, 0.25) is 0 Å². The number of morpholine rings is 1. The summed E-state index contributed by atoms with van der Waals surface area (Å²) in [6, 6.07) is 9.94. The van der Waals surface area contributed by atoms with Crippen molar-refractivity contribution in [1.82, 2.24) is 14.6 Å². The van der Waals surface area contributed by atoms with E-state index >= 15 is 0 Å². The number of anilines is 1. The molecule has 1 amide bonds. The predicted octanol–water partition coefficient (Wildman–Crippen LogP) is 1.10. The first kappa shape index (κ1) is 20.2. The van der Waals surface area contributed by atoms with Crippen LogP contribution in [0.1, 0.15) is 15.9 Å². The van der Waals surface area contributed by atoms with Crippen LogP contribution in [0.5, 0.6) is 0 Å². The van der Waals surface area contributed by atoms with Gasteiger partial charge < -0.3 is 15.0 Å². The van der Waals surface area contributed by atoms with E-state index in [-0.39, 0.29) is 10.8 Å². The lowest BCUT2D eigenvalue weighted by atomic mass is 10.2. The number of amides is 1. The van der Waals surface area contributed by atoms with Crippen LogP contribution in [0.4, 0.5) is 5.82 Å². The summed E-state index contributed by atoms with van der Waals surface area (Å²) in [7, 11) is 0.204. The van der Waals surface area contributed by atoms with Crippen LogP contribution >= 0.6 is 0 Å². The predicted molar refractivity (Wildman–Crippen MR) is 106 cm³/mol. The Hall–Kier alpha value is -2.49. The number of ether oxygens (including phenoxy) is 1. The van der Waals surface area contributed by atoms with Crippen molar-refractivity contribution >= 4 is 21.7 Å². The van der Waals surface area contributed by atoms with E-state index in [0.717, 1.165) is 5.56 Å². The lowest BCUT2D eigenvalue weighted by molar-refractivity contribution is 0.0730. The maximum absolute atomic E-state index is 12.6. The summed E-state index contributed by atoms with van der Waals surface area (Å²) in [6.45, 7) is 1.85. The van der Waals surface area contributed by atoms with Crippen LogP contribution < -0.4 is 10.2 Å². The van der Waals surface area contributed by atoms with Crippen LogP contribution in [0.3, 0.4) is 0 Å². The number of pyridine rings is 1. The third-order valence-corrected chi connectivity index (χ3v) is 6.36. The molecule has 28 heavy (non-hydrogen) atoms. The van der Waals surface area contributed by atoms with E-state index in [1.807, 2.05) is 19.0 Å². The number of rotatable bonds is 6. The lowest BCUT2D eigenvalue weighted by Gasteiger charge is -2.26. The average Bonchev–Trinajstić information content (AvgIpc) is 2.73. The van der Waals surface area contributed by atoms with Crippen LogP contribution in [0.25, 0.3) is 0 Å². The lowest BCUT2D eigenvalue weighted by Crippen LogP contribution is -2.40. The molecule has 1 N–H and O–H groups in total. The third kappa shape index (κ3) is 4.67. The van der Waals surface area contributed by atoms with Gasteiger partial charge in [0.15, 0.2) is 0 Å². The molecule has 150 valence electrons. The van der Waals surface area contributed by atoms with E-state index in [2.05, 4.69) is 10.3 Å². The minimum Gasteiger partial charge on any atom is -0.379 e. The van der Waals surface area contributed by atoms with Crippen molar-refractivity contribution in [2.75, 3.05) is 45.3 Å². The van der Waals surface area contributed by atoms with Gasteiger partial charge in [-0.05, 0) is 29.8 Å². The second-order valence-corrected chi connectivity index (χ2v) is 8.58. The first-order valence-corrected chi connectivity index (χ1v) is 10.4. The largest absolute Gasteiger partial charge is 0.379 e. The summed E-state index contributed by atoms with van der Waals surface area (Å²) in [4.78, 5) is 18.6. The number of carbonyl (C=O) groups is 1. The fourth-order valence-electron chi connectivity index (χ4n) is 2.80. The number of hydrogen-bond acceptors (Lipinski definition) is 6. The molecule has 0 spiro atoms. The molecule has 8 nitrogen and oxygen atoms in total. The van der Waals surface area contributed by atoms with Crippen molar-refractivity contribution in [3.05, 3.63) is 53.7 Å². The number of nitrogens with zero attached hydrogens (tertiary/aromatic N) is 3. The number of aromatic nitrogens is 1. The third-order valence-electron chi connectivity index (χ3n) is 4.45. The molecule has 0 unspecified atom stereocenters. The Labute approximate surface area is 165 Å². The summed E-state index contributed by atoms with van der Waals surface area (Å²) in [5.74, 6) is 0.487. The zero-order valence-electron chi connectivity index (χ0n) is 16.0. The summed E-state index contributed by atoms with van der Waals surface area (Å²) in [6.07, 6.45) is 1.59. The van der Waals surface area contributed by atoms with Crippen molar-refractivity contribution in [3.8, 4) is 0 Å². The summed E-state index contributed by atoms with van der Waals surface area (Å²) < 4.78 is 31.9. The van der Waals surface area contributed by atoms with Crippen molar-refractivity contribution < 1.29 is 17.9 Å². The standard InChI is InChI=1S/C19H24N4O4S/c1-22(2)18-13-16(7-8-20-18)19(24)21-14-15-3-5-17(6-4-15)28(25,26)23-9-11-27-12-10-23/h3-8,13H,9-12,14H2,1-2H3,(H,21,24). The van der Waals surface area contributed by atoms with Gasteiger partial charge in [0.1, 0.15) is 5.82 Å². The molecule has 1 aliphatic rings. The number of sulfonamides is 1. The Morgan fingerprint density at radius 3 is 2.50 bits per heavy atom. The quantitative estimate of drug-likeness (QED) is 0.775. The second kappa shape index (κ2) is 8.68. The summed E-state index contributed by atoms with van der Waals surface area (Å²) in [5.41, 5.74) is 1.33. The molecule has 0 atom stereocenters. The SMILES string of the molecule is CN(C)c1cc(C(=O)NCc2ccc(S(=O)(=O)N3CCOCC3)cc2)ccn1. The van der Waals surface area contributed by atoms with Gasteiger partial charge in [-0.3, -0.25) is 4.79 Å². The molecule has 3 rings (SSSR count). The highest BCUT2D eigenvalue weighted by molar-refractivity contribution is 7.89. The van der Waals surface area contributed by atoms with Gasteiger partial charge in [0.25, 0.3) is 5.91 Å². The molecule has 0 radical (unpaired) electrons. The van der Waals surface area contributed by atoms with Gasteiger partial charge in [-0.15, -0.1) is 0 Å². The van der Waals surface area contributed by atoms with Gasteiger partial charge in [-0.25, -0.2) is 13.4 Å². The smallest absolute Gasteiger partial charge is 0.251 e. The zero-order chi connectivity index (χ0) is 20.1.